The molecular formula is C12H19N3O4S. The molecule has 7 nitrogen and oxygen atoms in total. The molecule has 3 N–H and O–H groups in total. The molecule has 0 aliphatic rings. The minimum Gasteiger partial charge on any atom is -0.465 e. The highest BCUT2D eigenvalue weighted by Gasteiger charge is 2.26. The number of thiophene rings is 1. The number of ether oxygens (including phenoxy) is 2. The number of hydrogen-bond donors (Lipinski definition) is 2. The van der Waals surface area contributed by atoms with Crippen LogP contribution in [0.5, 0.6) is 0 Å². The molecule has 1 amide bonds. The minimum atomic E-state index is -0.573. The zero-order valence-electron chi connectivity index (χ0n) is 12.0. The molecule has 1 heterocycles. The van der Waals surface area contributed by atoms with E-state index >= 15 is 0 Å². The lowest BCUT2D eigenvalue weighted by Crippen LogP contribution is -2.21. The molecule has 0 unspecified atom stereocenters. The molecule has 0 aromatic carbocycles. The van der Waals surface area contributed by atoms with Crippen LogP contribution < -0.4 is 11.1 Å². The van der Waals surface area contributed by atoms with Gasteiger partial charge in [-0.2, -0.15) is 0 Å². The fourth-order valence-corrected chi connectivity index (χ4v) is 2.66. The summed E-state index contributed by atoms with van der Waals surface area (Å²) in [6.07, 6.45) is 0. The normalized spacial score (nSPS) is 10.2. The van der Waals surface area contributed by atoms with Gasteiger partial charge in [0.25, 0.3) is 5.91 Å². The van der Waals surface area contributed by atoms with Crippen molar-refractivity contribution in [2.45, 2.75) is 0 Å². The van der Waals surface area contributed by atoms with Crippen LogP contribution in [0.25, 0.3) is 0 Å². The number of nitrogens with zero attached hydrogens (tertiary/aromatic N) is 1. The highest BCUT2D eigenvalue weighted by atomic mass is 32.1. The number of hydrogen-bond acceptors (Lipinski definition) is 7. The summed E-state index contributed by atoms with van der Waals surface area (Å²) in [6, 6.07) is 0. The predicted molar refractivity (Wildman–Crippen MR) is 78.5 cm³/mol. The summed E-state index contributed by atoms with van der Waals surface area (Å²) in [6.45, 7) is 0.964. The van der Waals surface area contributed by atoms with Gasteiger partial charge in [-0.25, -0.2) is 4.79 Å². The van der Waals surface area contributed by atoms with E-state index in [9.17, 15) is 9.59 Å². The van der Waals surface area contributed by atoms with Crippen LogP contribution in [0, 0.1) is 0 Å². The third-order valence-electron chi connectivity index (χ3n) is 2.53. The molecule has 1 aromatic heterocycles. The van der Waals surface area contributed by atoms with Crippen LogP contribution in [-0.2, 0) is 9.47 Å². The number of nitrogen functional groups attached to an aromatic ring is 1. The molecule has 0 saturated heterocycles. The first kappa shape index (κ1) is 16.3. The van der Waals surface area contributed by atoms with E-state index in [0.29, 0.717) is 23.0 Å². The molecule has 0 aliphatic carbocycles. The fourth-order valence-electron chi connectivity index (χ4n) is 1.50. The van der Waals surface area contributed by atoms with E-state index in [1.807, 2.05) is 0 Å². The second kappa shape index (κ2) is 7.11. The van der Waals surface area contributed by atoms with Gasteiger partial charge in [0.15, 0.2) is 0 Å². The lowest BCUT2D eigenvalue weighted by molar-refractivity contribution is 0.0603. The van der Waals surface area contributed by atoms with Gasteiger partial charge in [-0.15, -0.1) is 11.3 Å². The molecule has 0 atom stereocenters. The number of nitrogens with two attached hydrogens (primary N) is 1. The molecule has 8 heteroatoms. The topological polar surface area (TPSA) is 93.9 Å². The zero-order chi connectivity index (χ0) is 15.3. The quantitative estimate of drug-likeness (QED) is 0.598. The maximum atomic E-state index is 12.0. The van der Waals surface area contributed by atoms with Crippen molar-refractivity contribution < 1.29 is 19.1 Å². The number of esters is 1. The number of amides is 1. The van der Waals surface area contributed by atoms with Crippen molar-refractivity contribution in [2.75, 3.05) is 52.5 Å². The van der Waals surface area contributed by atoms with E-state index in [0.717, 1.165) is 11.3 Å². The molecule has 0 fully saturated rings. The number of methoxy groups -OCH3 is 2. The van der Waals surface area contributed by atoms with Gasteiger partial charge in [-0.1, -0.05) is 0 Å². The standard InChI is InChI=1S/C12H19N3O4S/c1-15(2)11(16)9-8(13)7(12(17)19-4)10(20-9)14-5-6-18-3/h14H,5-6,13H2,1-4H3. The Bertz CT molecular complexity index is 499. The van der Waals surface area contributed by atoms with Gasteiger partial charge >= 0.3 is 5.97 Å². The summed E-state index contributed by atoms with van der Waals surface area (Å²) >= 11 is 1.13. The van der Waals surface area contributed by atoms with Gasteiger partial charge < -0.3 is 25.4 Å². The average Bonchev–Trinajstić information content (AvgIpc) is 2.74. The fraction of sp³-hybridized carbons (Fsp3) is 0.500. The maximum absolute atomic E-state index is 12.0. The second-order valence-corrected chi connectivity index (χ2v) is 5.18. The van der Waals surface area contributed by atoms with E-state index < -0.39 is 5.97 Å². The van der Waals surface area contributed by atoms with E-state index in [2.05, 4.69) is 5.32 Å². The largest absolute Gasteiger partial charge is 0.465 e. The Morgan fingerprint density at radius 2 is 2.00 bits per heavy atom. The highest BCUT2D eigenvalue weighted by Crippen LogP contribution is 2.36. The van der Waals surface area contributed by atoms with Crippen molar-refractivity contribution in [2.24, 2.45) is 0 Å². The first-order valence-corrected chi connectivity index (χ1v) is 6.70. The van der Waals surface area contributed by atoms with E-state index in [4.69, 9.17) is 15.2 Å². The van der Waals surface area contributed by atoms with Gasteiger partial charge in [0.2, 0.25) is 0 Å². The molecule has 0 saturated carbocycles. The lowest BCUT2D eigenvalue weighted by atomic mass is 10.2. The van der Waals surface area contributed by atoms with Crippen molar-refractivity contribution in [3.63, 3.8) is 0 Å². The van der Waals surface area contributed by atoms with Crippen LogP contribution in [-0.4, -0.2) is 58.2 Å². The molecule has 0 aliphatic heterocycles. The number of nitrogens with one attached hydrogen (secondary N) is 1. The Kier molecular flexibility index (Phi) is 5.78. The summed E-state index contributed by atoms with van der Waals surface area (Å²) in [7, 11) is 6.09. The smallest absolute Gasteiger partial charge is 0.343 e. The molecular weight excluding hydrogens is 282 g/mol. The molecule has 112 valence electrons. The first-order valence-electron chi connectivity index (χ1n) is 5.89. The first-order chi connectivity index (χ1) is 9.43. The van der Waals surface area contributed by atoms with Crippen molar-refractivity contribution in [3.05, 3.63) is 10.4 Å². The molecule has 1 aromatic rings. The van der Waals surface area contributed by atoms with Crippen molar-refractivity contribution in [1.29, 1.82) is 0 Å². The highest BCUT2D eigenvalue weighted by molar-refractivity contribution is 7.19. The summed E-state index contributed by atoms with van der Waals surface area (Å²) in [5, 5.41) is 3.54. The minimum absolute atomic E-state index is 0.139. The van der Waals surface area contributed by atoms with Gasteiger partial charge in [0.05, 0.1) is 19.4 Å². The van der Waals surface area contributed by atoms with Gasteiger partial charge in [0.1, 0.15) is 15.4 Å². The van der Waals surface area contributed by atoms with E-state index in [1.165, 1.54) is 12.0 Å². The van der Waals surface area contributed by atoms with Crippen molar-refractivity contribution >= 4 is 33.9 Å². The summed E-state index contributed by atoms with van der Waals surface area (Å²) in [5.74, 6) is -0.825. The molecule has 20 heavy (non-hydrogen) atoms. The van der Waals surface area contributed by atoms with Crippen molar-refractivity contribution in [1.82, 2.24) is 4.90 Å². The third kappa shape index (κ3) is 3.40. The van der Waals surface area contributed by atoms with Crippen LogP contribution in [0.4, 0.5) is 10.7 Å². The molecule has 0 radical (unpaired) electrons. The van der Waals surface area contributed by atoms with Crippen LogP contribution in [0.1, 0.15) is 20.0 Å². The summed E-state index contributed by atoms with van der Waals surface area (Å²) in [5.41, 5.74) is 6.25. The molecule has 0 bridgehead atoms. The van der Waals surface area contributed by atoms with Crippen molar-refractivity contribution in [3.8, 4) is 0 Å². The lowest BCUT2D eigenvalue weighted by Gasteiger charge is -2.08. The van der Waals surface area contributed by atoms with Crippen LogP contribution in [0.3, 0.4) is 0 Å². The van der Waals surface area contributed by atoms with Gasteiger partial charge in [-0.3, -0.25) is 4.79 Å². The van der Waals surface area contributed by atoms with E-state index in [-0.39, 0.29) is 17.2 Å². The third-order valence-corrected chi connectivity index (χ3v) is 3.68. The maximum Gasteiger partial charge on any atom is 0.343 e. The van der Waals surface area contributed by atoms with Crippen LogP contribution in [0.15, 0.2) is 0 Å². The Balaban J connectivity index is 3.17. The van der Waals surface area contributed by atoms with Crippen LogP contribution in [0.2, 0.25) is 0 Å². The number of rotatable bonds is 6. The van der Waals surface area contributed by atoms with Gasteiger partial charge in [-0.05, 0) is 0 Å². The number of anilines is 2. The zero-order valence-corrected chi connectivity index (χ0v) is 12.8. The second-order valence-electron chi connectivity index (χ2n) is 4.16. The number of carbonyl (C=O) groups is 2. The monoisotopic (exact) mass is 301 g/mol. The molecule has 1 rings (SSSR count). The average molecular weight is 301 g/mol. The number of carbonyl (C=O) groups excluding carboxylic acids is 2. The van der Waals surface area contributed by atoms with Crippen LogP contribution >= 0.6 is 11.3 Å². The summed E-state index contributed by atoms with van der Waals surface area (Å²) in [4.78, 5) is 25.5. The van der Waals surface area contributed by atoms with E-state index in [1.54, 1.807) is 21.2 Å². The summed E-state index contributed by atoms with van der Waals surface area (Å²) < 4.78 is 9.64. The Morgan fingerprint density at radius 1 is 1.35 bits per heavy atom. The Labute approximate surface area is 121 Å². The molecule has 0 spiro atoms. The van der Waals surface area contributed by atoms with Gasteiger partial charge in [0, 0.05) is 27.7 Å². The predicted octanol–water partition coefficient (Wildman–Crippen LogP) is 0.877. The SMILES string of the molecule is COCCNc1sc(C(=O)N(C)C)c(N)c1C(=O)OC. The Hall–Kier alpha value is -1.80. The Morgan fingerprint density at radius 3 is 2.50 bits per heavy atom.